The van der Waals surface area contributed by atoms with Crippen LogP contribution in [-0.2, 0) is 6.54 Å². The SMILES string of the molecule is Cc1ccc(C)c(Cn2cc(C(=O)Nc3cc(Cl)ccc3C)ccc2=O)c1. The van der Waals surface area contributed by atoms with E-state index in [9.17, 15) is 9.59 Å². The highest BCUT2D eigenvalue weighted by molar-refractivity contribution is 6.31. The molecule has 0 radical (unpaired) electrons. The number of hydrogen-bond donors (Lipinski definition) is 1. The number of aryl methyl sites for hydroxylation is 3. The number of benzene rings is 2. The van der Waals surface area contributed by atoms with Crippen LogP contribution in [-0.4, -0.2) is 10.5 Å². The van der Waals surface area contributed by atoms with Crippen molar-refractivity contribution in [1.82, 2.24) is 4.57 Å². The van der Waals surface area contributed by atoms with Gasteiger partial charge in [0.2, 0.25) is 0 Å². The maximum absolute atomic E-state index is 12.6. The van der Waals surface area contributed by atoms with E-state index in [1.165, 1.54) is 12.1 Å². The Labute approximate surface area is 163 Å². The molecule has 3 aromatic rings. The van der Waals surface area contributed by atoms with Gasteiger partial charge < -0.3 is 9.88 Å². The Morgan fingerprint density at radius 1 is 1.00 bits per heavy atom. The molecular formula is C22H21ClN2O2. The molecule has 0 fully saturated rings. The van der Waals surface area contributed by atoms with E-state index in [2.05, 4.69) is 11.4 Å². The first kappa shape index (κ1) is 18.9. The summed E-state index contributed by atoms with van der Waals surface area (Å²) in [6, 6.07) is 14.4. The molecule has 138 valence electrons. The largest absolute Gasteiger partial charge is 0.322 e. The predicted molar refractivity (Wildman–Crippen MR) is 110 cm³/mol. The molecule has 0 aliphatic rings. The molecule has 0 atom stereocenters. The van der Waals surface area contributed by atoms with Crippen LogP contribution < -0.4 is 10.9 Å². The van der Waals surface area contributed by atoms with Gasteiger partial charge in [-0.1, -0.05) is 41.4 Å². The topological polar surface area (TPSA) is 51.1 Å². The molecule has 27 heavy (non-hydrogen) atoms. The molecule has 0 saturated carbocycles. The maximum Gasteiger partial charge on any atom is 0.257 e. The second-order valence-corrected chi connectivity index (χ2v) is 7.16. The number of carbonyl (C=O) groups excluding carboxylic acids is 1. The van der Waals surface area contributed by atoms with Crippen LogP contribution in [0.15, 0.2) is 59.5 Å². The van der Waals surface area contributed by atoms with Gasteiger partial charge in [0, 0.05) is 23.0 Å². The summed E-state index contributed by atoms with van der Waals surface area (Å²) in [5.74, 6) is -0.282. The number of halogens is 1. The quantitative estimate of drug-likeness (QED) is 0.711. The maximum atomic E-state index is 12.6. The zero-order valence-corrected chi connectivity index (χ0v) is 16.3. The minimum Gasteiger partial charge on any atom is -0.322 e. The van der Waals surface area contributed by atoms with E-state index in [1.807, 2.05) is 39.0 Å². The van der Waals surface area contributed by atoms with Crippen molar-refractivity contribution in [3.63, 3.8) is 0 Å². The molecular weight excluding hydrogens is 360 g/mol. The van der Waals surface area contributed by atoms with Crippen LogP contribution in [0.4, 0.5) is 5.69 Å². The lowest BCUT2D eigenvalue weighted by molar-refractivity contribution is 0.102. The molecule has 0 bridgehead atoms. The Morgan fingerprint density at radius 2 is 1.74 bits per heavy atom. The van der Waals surface area contributed by atoms with Crippen LogP contribution in [0.25, 0.3) is 0 Å². The predicted octanol–water partition coefficient (Wildman–Crippen LogP) is 4.73. The van der Waals surface area contributed by atoms with Crippen LogP contribution in [0.3, 0.4) is 0 Å². The lowest BCUT2D eigenvalue weighted by Gasteiger charge is -2.12. The number of aromatic nitrogens is 1. The van der Waals surface area contributed by atoms with Gasteiger partial charge in [-0.05, 0) is 55.7 Å². The number of amides is 1. The van der Waals surface area contributed by atoms with Crippen LogP contribution in [0.1, 0.15) is 32.6 Å². The number of nitrogens with zero attached hydrogens (tertiary/aromatic N) is 1. The third-order valence-corrected chi connectivity index (χ3v) is 4.77. The van der Waals surface area contributed by atoms with Crippen LogP contribution in [0.5, 0.6) is 0 Å². The van der Waals surface area contributed by atoms with Crippen molar-refractivity contribution in [3.8, 4) is 0 Å². The van der Waals surface area contributed by atoms with E-state index in [1.54, 1.807) is 22.9 Å². The number of pyridine rings is 1. The summed E-state index contributed by atoms with van der Waals surface area (Å²) in [6.45, 7) is 6.35. The van der Waals surface area contributed by atoms with Crippen molar-refractivity contribution in [2.24, 2.45) is 0 Å². The van der Waals surface area contributed by atoms with Gasteiger partial charge in [0.1, 0.15) is 0 Å². The van der Waals surface area contributed by atoms with E-state index in [0.29, 0.717) is 22.8 Å². The average molecular weight is 381 g/mol. The normalized spacial score (nSPS) is 10.7. The summed E-state index contributed by atoms with van der Waals surface area (Å²) in [4.78, 5) is 24.9. The fraction of sp³-hybridized carbons (Fsp3) is 0.182. The van der Waals surface area contributed by atoms with Gasteiger partial charge in [0.05, 0.1) is 12.1 Å². The monoisotopic (exact) mass is 380 g/mol. The van der Waals surface area contributed by atoms with E-state index in [4.69, 9.17) is 11.6 Å². The summed E-state index contributed by atoms with van der Waals surface area (Å²) in [5, 5.41) is 3.41. The highest BCUT2D eigenvalue weighted by Crippen LogP contribution is 2.21. The summed E-state index contributed by atoms with van der Waals surface area (Å²) < 4.78 is 1.56. The lowest BCUT2D eigenvalue weighted by Crippen LogP contribution is -2.23. The molecule has 1 N–H and O–H groups in total. The van der Waals surface area contributed by atoms with Gasteiger partial charge >= 0.3 is 0 Å². The van der Waals surface area contributed by atoms with Gasteiger partial charge in [0.15, 0.2) is 0 Å². The summed E-state index contributed by atoms with van der Waals surface area (Å²) in [7, 11) is 0. The van der Waals surface area contributed by atoms with E-state index in [-0.39, 0.29) is 11.5 Å². The number of nitrogens with one attached hydrogen (secondary N) is 1. The first-order valence-electron chi connectivity index (χ1n) is 8.67. The molecule has 0 aliphatic carbocycles. The molecule has 1 heterocycles. The first-order chi connectivity index (χ1) is 12.8. The van der Waals surface area contributed by atoms with E-state index >= 15 is 0 Å². The summed E-state index contributed by atoms with van der Waals surface area (Å²) in [6.07, 6.45) is 1.60. The molecule has 0 spiro atoms. The first-order valence-corrected chi connectivity index (χ1v) is 9.05. The van der Waals surface area contributed by atoms with Crippen molar-refractivity contribution in [1.29, 1.82) is 0 Å². The van der Waals surface area contributed by atoms with Gasteiger partial charge in [-0.25, -0.2) is 0 Å². The second kappa shape index (κ2) is 7.80. The Bertz CT molecular complexity index is 1070. The molecule has 3 rings (SSSR count). The van der Waals surface area contributed by atoms with Crippen molar-refractivity contribution in [2.45, 2.75) is 27.3 Å². The van der Waals surface area contributed by atoms with Crippen molar-refractivity contribution >= 4 is 23.2 Å². The highest BCUT2D eigenvalue weighted by Gasteiger charge is 2.11. The van der Waals surface area contributed by atoms with Gasteiger partial charge in [0.25, 0.3) is 11.5 Å². The van der Waals surface area contributed by atoms with Gasteiger partial charge in [-0.15, -0.1) is 0 Å². The van der Waals surface area contributed by atoms with E-state index in [0.717, 1.165) is 22.3 Å². The highest BCUT2D eigenvalue weighted by atomic mass is 35.5. The minimum atomic E-state index is -0.282. The summed E-state index contributed by atoms with van der Waals surface area (Å²) >= 11 is 6.01. The van der Waals surface area contributed by atoms with Crippen molar-refractivity contribution in [3.05, 3.63) is 97.9 Å². The molecule has 1 amide bonds. The Hall–Kier alpha value is -2.85. The number of carbonyl (C=O) groups is 1. The van der Waals surface area contributed by atoms with E-state index < -0.39 is 0 Å². The molecule has 0 unspecified atom stereocenters. The molecule has 4 nitrogen and oxygen atoms in total. The standard InChI is InChI=1S/C22H21ClN2O2/c1-14-4-5-15(2)18(10-14)13-25-12-17(7-9-21(25)26)22(27)24-20-11-19(23)8-6-16(20)3/h4-12H,13H2,1-3H3,(H,24,27). The van der Waals surface area contributed by atoms with Gasteiger partial charge in [-0.3, -0.25) is 9.59 Å². The Kier molecular flexibility index (Phi) is 5.47. The number of anilines is 1. The Balaban J connectivity index is 1.88. The fourth-order valence-electron chi connectivity index (χ4n) is 2.87. The van der Waals surface area contributed by atoms with Gasteiger partial charge in [-0.2, -0.15) is 0 Å². The average Bonchev–Trinajstić information content (AvgIpc) is 2.63. The van der Waals surface area contributed by atoms with Crippen LogP contribution in [0, 0.1) is 20.8 Å². The third kappa shape index (κ3) is 4.47. The zero-order chi connectivity index (χ0) is 19.6. The molecule has 0 aliphatic heterocycles. The minimum absolute atomic E-state index is 0.147. The lowest BCUT2D eigenvalue weighted by atomic mass is 10.1. The zero-order valence-electron chi connectivity index (χ0n) is 15.5. The fourth-order valence-corrected chi connectivity index (χ4v) is 3.04. The summed E-state index contributed by atoms with van der Waals surface area (Å²) in [5.41, 5.74) is 5.13. The third-order valence-electron chi connectivity index (χ3n) is 4.54. The van der Waals surface area contributed by atoms with Crippen molar-refractivity contribution in [2.75, 3.05) is 5.32 Å². The molecule has 0 saturated heterocycles. The van der Waals surface area contributed by atoms with Crippen LogP contribution >= 0.6 is 11.6 Å². The molecule has 5 heteroatoms. The molecule has 2 aromatic carbocycles. The number of rotatable bonds is 4. The van der Waals surface area contributed by atoms with Crippen molar-refractivity contribution < 1.29 is 4.79 Å². The second-order valence-electron chi connectivity index (χ2n) is 6.73. The number of hydrogen-bond acceptors (Lipinski definition) is 2. The Morgan fingerprint density at radius 3 is 2.52 bits per heavy atom. The molecule has 1 aromatic heterocycles. The van der Waals surface area contributed by atoms with Crippen LogP contribution in [0.2, 0.25) is 5.02 Å². The smallest absolute Gasteiger partial charge is 0.257 e.